The molecular weight excluding hydrogens is 314 g/mol. The van der Waals surface area contributed by atoms with E-state index in [1.807, 2.05) is 24.3 Å². The third-order valence-corrected chi connectivity index (χ3v) is 5.45. The molecule has 3 unspecified atom stereocenters. The topological polar surface area (TPSA) is 57.6 Å². The van der Waals surface area contributed by atoms with Crippen LogP contribution in [0.15, 0.2) is 24.3 Å². The summed E-state index contributed by atoms with van der Waals surface area (Å²) in [5, 5.41) is 10.2. The Hall–Kier alpha value is -1.55. The molecule has 1 N–H and O–H groups in total. The second-order valence-corrected chi connectivity index (χ2v) is 7.07. The molecule has 1 aromatic carbocycles. The van der Waals surface area contributed by atoms with Gasteiger partial charge in [-0.25, -0.2) is 4.79 Å². The van der Waals surface area contributed by atoms with Crippen LogP contribution in [0.1, 0.15) is 44.1 Å². The lowest BCUT2D eigenvalue weighted by Crippen LogP contribution is -2.46. The fraction of sp³-hybridized carbons (Fsp3) is 0.556. The monoisotopic (exact) mass is 335 g/mol. The van der Waals surface area contributed by atoms with Gasteiger partial charge in [0, 0.05) is 17.5 Å². The van der Waals surface area contributed by atoms with Crippen molar-refractivity contribution >= 4 is 23.5 Å². The van der Waals surface area contributed by atoms with Crippen LogP contribution in [-0.4, -0.2) is 34.0 Å². The number of nitrogens with zero attached hydrogens (tertiary/aromatic N) is 1. The first-order valence-electron chi connectivity index (χ1n) is 8.34. The molecule has 5 heteroatoms. The van der Waals surface area contributed by atoms with Gasteiger partial charge in [-0.3, -0.25) is 4.79 Å². The van der Waals surface area contributed by atoms with Gasteiger partial charge < -0.3 is 10.0 Å². The summed E-state index contributed by atoms with van der Waals surface area (Å²) in [5.74, 6) is -0.523. The van der Waals surface area contributed by atoms with Gasteiger partial charge in [-0.2, -0.15) is 0 Å². The van der Waals surface area contributed by atoms with E-state index in [0.717, 1.165) is 31.2 Å². The molecule has 23 heavy (non-hydrogen) atoms. The molecular formula is C18H22ClNO3. The highest BCUT2D eigenvalue weighted by atomic mass is 35.5. The first-order valence-corrected chi connectivity index (χ1v) is 8.72. The predicted octanol–water partition coefficient (Wildman–Crippen LogP) is 3.52. The average Bonchev–Trinajstić information content (AvgIpc) is 2.94. The Bertz CT molecular complexity index is 586. The fourth-order valence-electron chi connectivity index (χ4n) is 4.07. The van der Waals surface area contributed by atoms with Gasteiger partial charge in [0.15, 0.2) is 0 Å². The minimum atomic E-state index is -0.862. The number of benzene rings is 1. The van der Waals surface area contributed by atoms with E-state index in [9.17, 15) is 14.7 Å². The minimum Gasteiger partial charge on any atom is -0.480 e. The Morgan fingerprint density at radius 2 is 1.87 bits per heavy atom. The zero-order valence-electron chi connectivity index (χ0n) is 13.1. The summed E-state index contributed by atoms with van der Waals surface area (Å²) in [5.41, 5.74) is 1.05. The standard InChI is InChI=1S/C18H22ClNO3/c19-14-8-5-12(6-9-14)7-10-17(21)20-15-4-2-1-3-13(15)11-16(20)18(22)23/h5-6,8-9,13,15-16H,1-4,7,10-11H2,(H,22,23). The molecule has 4 nitrogen and oxygen atoms in total. The van der Waals surface area contributed by atoms with Crippen LogP contribution in [-0.2, 0) is 16.0 Å². The maximum Gasteiger partial charge on any atom is 0.326 e. The van der Waals surface area contributed by atoms with Gasteiger partial charge >= 0.3 is 5.97 Å². The molecule has 0 aromatic heterocycles. The van der Waals surface area contributed by atoms with Crippen molar-refractivity contribution < 1.29 is 14.7 Å². The van der Waals surface area contributed by atoms with E-state index in [1.54, 1.807) is 4.90 Å². The van der Waals surface area contributed by atoms with Crippen molar-refractivity contribution in [2.24, 2.45) is 5.92 Å². The summed E-state index contributed by atoms with van der Waals surface area (Å²) in [7, 11) is 0. The zero-order valence-corrected chi connectivity index (χ0v) is 13.8. The molecule has 3 atom stereocenters. The Balaban J connectivity index is 1.68. The van der Waals surface area contributed by atoms with Crippen LogP contribution in [0, 0.1) is 5.92 Å². The molecule has 0 bridgehead atoms. The molecule has 1 saturated heterocycles. The summed E-state index contributed by atoms with van der Waals surface area (Å²) >= 11 is 5.87. The van der Waals surface area contributed by atoms with Gasteiger partial charge in [-0.15, -0.1) is 0 Å². The molecule has 1 aromatic rings. The van der Waals surface area contributed by atoms with E-state index in [1.165, 1.54) is 0 Å². The molecule has 3 rings (SSSR count). The van der Waals surface area contributed by atoms with Crippen molar-refractivity contribution in [2.75, 3.05) is 0 Å². The number of carboxylic acid groups (broad SMARTS) is 1. The summed E-state index contributed by atoms with van der Waals surface area (Å²) in [6.45, 7) is 0. The van der Waals surface area contributed by atoms with Crippen molar-refractivity contribution in [1.82, 2.24) is 4.90 Å². The van der Waals surface area contributed by atoms with Crippen LogP contribution in [0.2, 0.25) is 5.02 Å². The summed E-state index contributed by atoms with van der Waals surface area (Å²) in [6.07, 6.45) is 5.84. The number of fused-ring (bicyclic) bond motifs is 1. The SMILES string of the molecule is O=C(O)C1CC2CCCCC2N1C(=O)CCc1ccc(Cl)cc1. The van der Waals surface area contributed by atoms with Gasteiger partial charge in [0.05, 0.1) is 0 Å². The highest BCUT2D eigenvalue weighted by molar-refractivity contribution is 6.30. The molecule has 0 spiro atoms. The van der Waals surface area contributed by atoms with E-state index in [0.29, 0.717) is 30.2 Å². The first kappa shape index (κ1) is 16.3. The van der Waals surface area contributed by atoms with Crippen molar-refractivity contribution in [3.63, 3.8) is 0 Å². The van der Waals surface area contributed by atoms with Gasteiger partial charge in [-0.05, 0) is 49.3 Å². The maximum absolute atomic E-state index is 12.7. The molecule has 1 aliphatic carbocycles. The third-order valence-electron chi connectivity index (χ3n) is 5.20. The molecule has 1 heterocycles. The molecule has 2 aliphatic rings. The van der Waals surface area contributed by atoms with E-state index in [2.05, 4.69) is 0 Å². The van der Waals surface area contributed by atoms with E-state index < -0.39 is 12.0 Å². The lowest BCUT2D eigenvalue weighted by atomic mass is 9.84. The van der Waals surface area contributed by atoms with E-state index in [-0.39, 0.29) is 11.9 Å². The molecule has 0 radical (unpaired) electrons. The number of likely N-dealkylation sites (tertiary alicyclic amines) is 1. The second-order valence-electron chi connectivity index (χ2n) is 6.63. The average molecular weight is 336 g/mol. The predicted molar refractivity (Wildman–Crippen MR) is 88.4 cm³/mol. The molecule has 1 saturated carbocycles. The number of rotatable bonds is 4. The third kappa shape index (κ3) is 3.52. The Labute approximate surface area is 141 Å². The number of hydrogen-bond donors (Lipinski definition) is 1. The number of carbonyl (C=O) groups is 2. The quantitative estimate of drug-likeness (QED) is 0.916. The van der Waals surface area contributed by atoms with Crippen molar-refractivity contribution in [1.29, 1.82) is 0 Å². The van der Waals surface area contributed by atoms with Crippen LogP contribution in [0.25, 0.3) is 0 Å². The Morgan fingerprint density at radius 3 is 2.57 bits per heavy atom. The number of aryl methyl sites for hydroxylation is 1. The van der Waals surface area contributed by atoms with E-state index in [4.69, 9.17) is 11.6 Å². The largest absolute Gasteiger partial charge is 0.480 e. The molecule has 2 fully saturated rings. The number of carbonyl (C=O) groups excluding carboxylic acids is 1. The van der Waals surface area contributed by atoms with Gasteiger partial charge in [0.1, 0.15) is 6.04 Å². The fourth-order valence-corrected chi connectivity index (χ4v) is 4.20. The number of aliphatic carboxylic acids is 1. The lowest BCUT2D eigenvalue weighted by molar-refractivity contribution is -0.149. The van der Waals surface area contributed by atoms with Gasteiger partial charge in [-0.1, -0.05) is 36.6 Å². The summed E-state index contributed by atoms with van der Waals surface area (Å²) in [4.78, 5) is 25.9. The number of halogens is 1. The van der Waals surface area contributed by atoms with E-state index >= 15 is 0 Å². The zero-order chi connectivity index (χ0) is 16.4. The van der Waals surface area contributed by atoms with Gasteiger partial charge in [0.2, 0.25) is 5.91 Å². The molecule has 1 amide bonds. The normalized spacial score (nSPS) is 26.8. The summed E-state index contributed by atoms with van der Waals surface area (Å²) < 4.78 is 0. The number of amides is 1. The van der Waals surface area contributed by atoms with Crippen molar-refractivity contribution in [2.45, 2.75) is 57.0 Å². The van der Waals surface area contributed by atoms with Crippen LogP contribution < -0.4 is 0 Å². The molecule has 1 aliphatic heterocycles. The Kier molecular flexibility index (Phi) is 4.90. The first-order chi connectivity index (χ1) is 11.1. The highest BCUT2D eigenvalue weighted by Gasteiger charge is 2.47. The maximum atomic E-state index is 12.7. The summed E-state index contributed by atoms with van der Waals surface area (Å²) in [6, 6.07) is 6.95. The van der Waals surface area contributed by atoms with Crippen LogP contribution in [0.4, 0.5) is 0 Å². The number of hydrogen-bond acceptors (Lipinski definition) is 2. The smallest absolute Gasteiger partial charge is 0.326 e. The van der Waals surface area contributed by atoms with Crippen LogP contribution in [0.5, 0.6) is 0 Å². The van der Waals surface area contributed by atoms with Gasteiger partial charge in [0.25, 0.3) is 0 Å². The van der Waals surface area contributed by atoms with Crippen molar-refractivity contribution in [3.05, 3.63) is 34.9 Å². The van der Waals surface area contributed by atoms with Crippen molar-refractivity contribution in [3.8, 4) is 0 Å². The van der Waals surface area contributed by atoms with Crippen LogP contribution in [0.3, 0.4) is 0 Å². The Morgan fingerprint density at radius 1 is 1.17 bits per heavy atom. The minimum absolute atomic E-state index is 0.0262. The number of carboxylic acids is 1. The van der Waals surface area contributed by atoms with Crippen LogP contribution >= 0.6 is 11.6 Å². The highest BCUT2D eigenvalue weighted by Crippen LogP contribution is 2.40. The molecule has 124 valence electrons. The lowest BCUT2D eigenvalue weighted by Gasteiger charge is -2.33. The second kappa shape index (κ2) is 6.91.